The smallest absolute Gasteiger partial charge is 0.226 e. The Morgan fingerprint density at radius 3 is 2.52 bits per heavy atom. The third-order valence-corrected chi connectivity index (χ3v) is 4.38. The van der Waals surface area contributed by atoms with E-state index in [0.717, 1.165) is 29.8 Å². The van der Waals surface area contributed by atoms with Crippen molar-refractivity contribution >= 4 is 17.3 Å². The van der Waals surface area contributed by atoms with Crippen LogP contribution < -0.4 is 10.6 Å². The minimum atomic E-state index is 0.00541. The second-order valence-electron chi connectivity index (χ2n) is 6.73. The Kier molecular flexibility index (Phi) is 5.66. The molecule has 3 heteroatoms. The molecule has 2 N–H and O–H groups in total. The van der Waals surface area contributed by atoms with Gasteiger partial charge in [0.2, 0.25) is 5.91 Å². The lowest BCUT2D eigenvalue weighted by molar-refractivity contribution is -0.118. The first-order valence-electron chi connectivity index (χ1n) is 8.19. The van der Waals surface area contributed by atoms with Gasteiger partial charge in [0.25, 0.3) is 0 Å². The van der Waals surface area contributed by atoms with Gasteiger partial charge < -0.3 is 10.6 Å². The Balaban J connectivity index is 1.85. The lowest BCUT2D eigenvalue weighted by Crippen LogP contribution is -2.20. The molecule has 1 amide bonds. The Labute approximate surface area is 128 Å². The van der Waals surface area contributed by atoms with Crippen LogP contribution in [-0.4, -0.2) is 12.5 Å². The van der Waals surface area contributed by atoms with Gasteiger partial charge in [0.15, 0.2) is 0 Å². The molecule has 0 bridgehead atoms. The van der Waals surface area contributed by atoms with E-state index in [2.05, 4.69) is 23.6 Å². The highest BCUT2D eigenvalue weighted by Crippen LogP contribution is 2.28. The molecule has 0 radical (unpaired) electrons. The molecule has 116 valence electrons. The number of hydrogen-bond acceptors (Lipinski definition) is 2. The van der Waals surface area contributed by atoms with Gasteiger partial charge in [-0.15, -0.1) is 0 Å². The van der Waals surface area contributed by atoms with E-state index in [4.69, 9.17) is 0 Å². The van der Waals surface area contributed by atoms with Crippen molar-refractivity contribution in [1.29, 1.82) is 0 Å². The highest BCUT2D eigenvalue weighted by atomic mass is 16.1. The van der Waals surface area contributed by atoms with Crippen molar-refractivity contribution in [1.82, 2.24) is 0 Å². The summed E-state index contributed by atoms with van der Waals surface area (Å²) in [7, 11) is 0. The molecule has 1 aliphatic rings. The van der Waals surface area contributed by atoms with E-state index in [0.29, 0.717) is 0 Å². The fraction of sp³-hybridized carbons (Fsp3) is 0.611. The van der Waals surface area contributed by atoms with Gasteiger partial charge in [0.1, 0.15) is 0 Å². The van der Waals surface area contributed by atoms with Crippen LogP contribution in [0.5, 0.6) is 0 Å². The Hall–Kier alpha value is -1.51. The van der Waals surface area contributed by atoms with Crippen LogP contribution in [-0.2, 0) is 4.79 Å². The number of benzene rings is 1. The first kappa shape index (κ1) is 15.9. The molecule has 0 aliphatic heterocycles. The number of nitrogens with one attached hydrogen (secondary N) is 2. The van der Waals surface area contributed by atoms with E-state index in [1.165, 1.54) is 25.7 Å². The SMILES string of the molecule is CC1CCC(CNc2cccc(NC(=O)C(C)C)c2)CC1. The molecule has 1 aromatic rings. The van der Waals surface area contributed by atoms with Crippen LogP contribution in [0.2, 0.25) is 0 Å². The summed E-state index contributed by atoms with van der Waals surface area (Å²) in [5.41, 5.74) is 1.96. The van der Waals surface area contributed by atoms with Crippen LogP contribution in [0.1, 0.15) is 46.5 Å². The molecule has 1 saturated carbocycles. The highest BCUT2D eigenvalue weighted by Gasteiger charge is 2.17. The van der Waals surface area contributed by atoms with Crippen molar-refractivity contribution in [3.63, 3.8) is 0 Å². The summed E-state index contributed by atoms with van der Waals surface area (Å²) in [5, 5.41) is 6.47. The van der Waals surface area contributed by atoms with Crippen molar-refractivity contribution in [2.45, 2.75) is 46.5 Å². The molecule has 1 aliphatic carbocycles. The summed E-state index contributed by atoms with van der Waals surface area (Å²) in [6, 6.07) is 8.01. The zero-order chi connectivity index (χ0) is 15.2. The van der Waals surface area contributed by atoms with Crippen molar-refractivity contribution in [2.24, 2.45) is 17.8 Å². The fourth-order valence-electron chi connectivity index (χ4n) is 2.79. The molecular weight excluding hydrogens is 260 g/mol. The Bertz CT molecular complexity index is 462. The predicted octanol–water partition coefficient (Wildman–Crippen LogP) is 4.52. The van der Waals surface area contributed by atoms with E-state index >= 15 is 0 Å². The summed E-state index contributed by atoms with van der Waals surface area (Å²) in [6.07, 6.45) is 5.38. The number of rotatable bonds is 5. The molecule has 0 unspecified atom stereocenters. The molecule has 0 atom stereocenters. The molecule has 3 nitrogen and oxygen atoms in total. The summed E-state index contributed by atoms with van der Waals surface area (Å²) < 4.78 is 0. The van der Waals surface area contributed by atoms with Gasteiger partial charge in [0.05, 0.1) is 0 Å². The maximum absolute atomic E-state index is 11.7. The number of amides is 1. The highest BCUT2D eigenvalue weighted by molar-refractivity contribution is 5.92. The first-order valence-corrected chi connectivity index (χ1v) is 8.19. The zero-order valence-corrected chi connectivity index (χ0v) is 13.5. The number of hydrogen-bond donors (Lipinski definition) is 2. The molecule has 0 saturated heterocycles. The minimum absolute atomic E-state index is 0.00541. The molecule has 1 aromatic carbocycles. The molecule has 1 fully saturated rings. The van der Waals surface area contributed by atoms with E-state index in [-0.39, 0.29) is 11.8 Å². The van der Waals surface area contributed by atoms with Crippen LogP contribution in [0.15, 0.2) is 24.3 Å². The largest absolute Gasteiger partial charge is 0.385 e. The van der Waals surface area contributed by atoms with Gasteiger partial charge in [-0.3, -0.25) is 4.79 Å². The van der Waals surface area contributed by atoms with Gasteiger partial charge in [-0.1, -0.05) is 39.7 Å². The van der Waals surface area contributed by atoms with Crippen LogP contribution in [0.4, 0.5) is 11.4 Å². The third kappa shape index (κ3) is 5.07. The fourth-order valence-corrected chi connectivity index (χ4v) is 2.79. The second kappa shape index (κ2) is 7.48. The summed E-state index contributed by atoms with van der Waals surface area (Å²) >= 11 is 0. The Morgan fingerprint density at radius 1 is 1.19 bits per heavy atom. The van der Waals surface area contributed by atoms with Gasteiger partial charge >= 0.3 is 0 Å². The van der Waals surface area contributed by atoms with Gasteiger partial charge in [-0.2, -0.15) is 0 Å². The molecule has 0 spiro atoms. The van der Waals surface area contributed by atoms with Crippen molar-refractivity contribution < 1.29 is 4.79 Å². The number of carbonyl (C=O) groups is 1. The normalized spacial score (nSPS) is 22.1. The average molecular weight is 288 g/mol. The topological polar surface area (TPSA) is 41.1 Å². The summed E-state index contributed by atoms with van der Waals surface area (Å²) in [4.78, 5) is 11.7. The van der Waals surface area contributed by atoms with E-state index in [1.807, 2.05) is 32.0 Å². The van der Waals surface area contributed by atoms with E-state index in [1.54, 1.807) is 0 Å². The Morgan fingerprint density at radius 2 is 1.86 bits per heavy atom. The maximum atomic E-state index is 11.7. The van der Waals surface area contributed by atoms with Crippen molar-refractivity contribution in [3.8, 4) is 0 Å². The maximum Gasteiger partial charge on any atom is 0.226 e. The lowest BCUT2D eigenvalue weighted by atomic mass is 9.83. The average Bonchev–Trinajstić information content (AvgIpc) is 2.47. The predicted molar refractivity (Wildman–Crippen MR) is 89.5 cm³/mol. The third-order valence-electron chi connectivity index (χ3n) is 4.38. The lowest BCUT2D eigenvalue weighted by Gasteiger charge is -2.26. The molecule has 21 heavy (non-hydrogen) atoms. The monoisotopic (exact) mass is 288 g/mol. The minimum Gasteiger partial charge on any atom is -0.385 e. The van der Waals surface area contributed by atoms with Crippen LogP contribution in [0.3, 0.4) is 0 Å². The van der Waals surface area contributed by atoms with E-state index < -0.39 is 0 Å². The van der Waals surface area contributed by atoms with Crippen LogP contribution in [0, 0.1) is 17.8 Å². The number of anilines is 2. The first-order chi connectivity index (χ1) is 10.0. The van der Waals surface area contributed by atoms with Gasteiger partial charge in [-0.05, 0) is 42.9 Å². The van der Waals surface area contributed by atoms with Gasteiger partial charge in [0, 0.05) is 23.8 Å². The molecule has 0 heterocycles. The standard InChI is InChI=1S/C18H28N2O/c1-13(2)18(21)20-17-6-4-5-16(11-17)19-12-15-9-7-14(3)8-10-15/h4-6,11,13-15,19H,7-10,12H2,1-3H3,(H,20,21). The van der Waals surface area contributed by atoms with E-state index in [9.17, 15) is 4.79 Å². The summed E-state index contributed by atoms with van der Waals surface area (Å²) in [5.74, 6) is 1.75. The second-order valence-corrected chi connectivity index (χ2v) is 6.73. The van der Waals surface area contributed by atoms with Crippen LogP contribution >= 0.6 is 0 Å². The quantitative estimate of drug-likeness (QED) is 0.836. The molecule has 0 aromatic heterocycles. The van der Waals surface area contributed by atoms with Gasteiger partial charge in [-0.25, -0.2) is 0 Å². The van der Waals surface area contributed by atoms with Crippen LogP contribution in [0.25, 0.3) is 0 Å². The zero-order valence-electron chi connectivity index (χ0n) is 13.5. The number of carbonyl (C=O) groups excluding carboxylic acids is 1. The van der Waals surface area contributed by atoms with Crippen molar-refractivity contribution in [2.75, 3.05) is 17.2 Å². The summed E-state index contributed by atoms with van der Waals surface area (Å²) in [6.45, 7) is 7.20. The van der Waals surface area contributed by atoms with Crippen molar-refractivity contribution in [3.05, 3.63) is 24.3 Å². The molecular formula is C18H28N2O. The molecule has 2 rings (SSSR count).